The Labute approximate surface area is 140 Å². The number of ether oxygens (including phenoxy) is 1. The van der Waals surface area contributed by atoms with E-state index in [1.54, 1.807) is 12.1 Å². The SMILES string of the molecule is O=C(C[C@@H]1CCS(=O)(=O)C1)OCC(=O)c1ccc2ccccc2c1. The highest BCUT2D eigenvalue weighted by molar-refractivity contribution is 7.91. The van der Waals surface area contributed by atoms with Crippen LogP contribution >= 0.6 is 0 Å². The van der Waals surface area contributed by atoms with Crippen molar-refractivity contribution >= 4 is 32.4 Å². The molecule has 0 saturated carbocycles. The largest absolute Gasteiger partial charge is 0.457 e. The second-order valence-electron chi connectivity index (χ2n) is 6.12. The third-order valence-corrected chi connectivity index (χ3v) is 6.05. The number of carbonyl (C=O) groups excluding carboxylic acids is 2. The van der Waals surface area contributed by atoms with Gasteiger partial charge in [-0.2, -0.15) is 0 Å². The summed E-state index contributed by atoms with van der Waals surface area (Å²) in [7, 11) is -3.01. The Morgan fingerprint density at radius 2 is 1.83 bits per heavy atom. The van der Waals surface area contributed by atoms with E-state index in [9.17, 15) is 18.0 Å². The molecule has 2 aromatic carbocycles. The number of ketones is 1. The summed E-state index contributed by atoms with van der Waals surface area (Å²) in [6.07, 6.45) is 0.528. The van der Waals surface area contributed by atoms with Crippen LogP contribution < -0.4 is 0 Å². The Bertz CT molecular complexity index is 885. The van der Waals surface area contributed by atoms with Gasteiger partial charge in [0, 0.05) is 12.0 Å². The van der Waals surface area contributed by atoms with Gasteiger partial charge in [0.25, 0.3) is 0 Å². The van der Waals surface area contributed by atoms with E-state index in [0.29, 0.717) is 12.0 Å². The number of hydrogen-bond donors (Lipinski definition) is 0. The van der Waals surface area contributed by atoms with Crippen molar-refractivity contribution in [2.24, 2.45) is 5.92 Å². The van der Waals surface area contributed by atoms with Crippen molar-refractivity contribution in [3.05, 3.63) is 48.0 Å². The zero-order valence-corrected chi connectivity index (χ0v) is 13.9. The number of sulfone groups is 1. The Morgan fingerprint density at radius 3 is 2.54 bits per heavy atom. The molecule has 0 bridgehead atoms. The average molecular weight is 346 g/mol. The Hall–Kier alpha value is -2.21. The molecule has 6 heteroatoms. The van der Waals surface area contributed by atoms with Crippen molar-refractivity contribution in [3.63, 3.8) is 0 Å². The predicted molar refractivity (Wildman–Crippen MR) is 90.6 cm³/mol. The lowest BCUT2D eigenvalue weighted by Gasteiger charge is -2.08. The molecule has 0 aliphatic carbocycles. The summed E-state index contributed by atoms with van der Waals surface area (Å²) < 4.78 is 27.8. The van der Waals surface area contributed by atoms with Crippen molar-refractivity contribution in [2.75, 3.05) is 18.1 Å². The van der Waals surface area contributed by atoms with Crippen molar-refractivity contribution in [3.8, 4) is 0 Å². The molecule has 0 spiro atoms. The lowest BCUT2D eigenvalue weighted by Crippen LogP contribution is -2.17. The third kappa shape index (κ3) is 4.00. The molecule has 3 rings (SSSR count). The van der Waals surface area contributed by atoms with E-state index in [2.05, 4.69) is 0 Å². The molecule has 1 fully saturated rings. The summed E-state index contributed by atoms with van der Waals surface area (Å²) in [5.74, 6) is -0.834. The minimum absolute atomic E-state index is 0.0285. The van der Waals surface area contributed by atoms with E-state index >= 15 is 0 Å². The molecule has 0 unspecified atom stereocenters. The van der Waals surface area contributed by atoms with Gasteiger partial charge in [-0.3, -0.25) is 9.59 Å². The van der Waals surface area contributed by atoms with Gasteiger partial charge in [0.2, 0.25) is 0 Å². The third-order valence-electron chi connectivity index (χ3n) is 4.22. The fourth-order valence-electron chi connectivity index (χ4n) is 2.92. The van der Waals surface area contributed by atoms with Crippen molar-refractivity contribution in [1.29, 1.82) is 0 Å². The first-order valence-corrected chi connectivity index (χ1v) is 9.63. The Morgan fingerprint density at radius 1 is 1.08 bits per heavy atom. The van der Waals surface area contributed by atoms with Crippen LogP contribution in [0.4, 0.5) is 0 Å². The summed E-state index contributed by atoms with van der Waals surface area (Å²) in [6.45, 7) is -0.323. The van der Waals surface area contributed by atoms with Gasteiger partial charge in [0.1, 0.15) is 0 Å². The normalized spacial score (nSPS) is 19.2. The molecule has 0 N–H and O–H groups in total. The highest BCUT2D eigenvalue weighted by atomic mass is 32.2. The predicted octanol–water partition coefficient (Wildman–Crippen LogP) is 2.39. The van der Waals surface area contributed by atoms with Gasteiger partial charge in [-0.25, -0.2) is 8.42 Å². The summed E-state index contributed by atoms with van der Waals surface area (Å²) >= 11 is 0. The van der Waals surface area contributed by atoms with Crippen molar-refractivity contribution in [2.45, 2.75) is 12.8 Å². The average Bonchev–Trinajstić information content (AvgIpc) is 2.90. The van der Waals surface area contributed by atoms with Gasteiger partial charge in [0.15, 0.2) is 22.2 Å². The maximum atomic E-state index is 12.2. The smallest absolute Gasteiger partial charge is 0.306 e. The molecule has 0 radical (unpaired) electrons. The minimum Gasteiger partial charge on any atom is -0.457 e. The van der Waals surface area contributed by atoms with Crippen LogP contribution in [0, 0.1) is 5.92 Å². The number of rotatable bonds is 5. The molecule has 126 valence electrons. The van der Waals surface area contributed by atoms with E-state index in [4.69, 9.17) is 4.74 Å². The first kappa shape index (κ1) is 16.6. The molecule has 1 aliphatic rings. The summed E-state index contributed by atoms with van der Waals surface area (Å²) in [5, 5.41) is 1.99. The molecule has 2 aromatic rings. The van der Waals surface area contributed by atoms with Crippen LogP contribution in [0.2, 0.25) is 0 Å². The van der Waals surface area contributed by atoms with Gasteiger partial charge in [0.05, 0.1) is 11.5 Å². The van der Waals surface area contributed by atoms with Crippen molar-refractivity contribution in [1.82, 2.24) is 0 Å². The number of hydrogen-bond acceptors (Lipinski definition) is 5. The van der Waals surface area contributed by atoms with Crippen molar-refractivity contribution < 1.29 is 22.7 Å². The van der Waals surface area contributed by atoms with Crippen LogP contribution in [0.1, 0.15) is 23.2 Å². The second-order valence-corrected chi connectivity index (χ2v) is 8.35. The van der Waals surface area contributed by atoms with Gasteiger partial charge in [-0.1, -0.05) is 36.4 Å². The second kappa shape index (κ2) is 6.73. The molecule has 1 aliphatic heterocycles. The first-order valence-electron chi connectivity index (χ1n) is 7.81. The topological polar surface area (TPSA) is 77.5 Å². The number of esters is 1. The van der Waals surface area contributed by atoms with E-state index in [1.165, 1.54) is 0 Å². The first-order chi connectivity index (χ1) is 11.4. The molecular weight excluding hydrogens is 328 g/mol. The molecule has 1 heterocycles. The van der Waals surface area contributed by atoms with Crippen LogP contribution in [-0.2, 0) is 19.4 Å². The van der Waals surface area contributed by atoms with E-state index in [1.807, 2.05) is 30.3 Å². The van der Waals surface area contributed by atoms with E-state index < -0.39 is 15.8 Å². The number of carbonyl (C=O) groups is 2. The van der Waals surface area contributed by atoms with Crippen LogP contribution in [0.25, 0.3) is 10.8 Å². The fraction of sp³-hybridized carbons (Fsp3) is 0.333. The highest BCUT2D eigenvalue weighted by Gasteiger charge is 2.30. The molecule has 0 aromatic heterocycles. The van der Waals surface area contributed by atoms with Gasteiger partial charge >= 0.3 is 5.97 Å². The zero-order valence-electron chi connectivity index (χ0n) is 13.1. The van der Waals surface area contributed by atoms with E-state index in [-0.39, 0.29) is 36.2 Å². The summed E-state index contributed by atoms with van der Waals surface area (Å²) in [5.41, 5.74) is 0.491. The zero-order chi connectivity index (χ0) is 17.2. The monoisotopic (exact) mass is 346 g/mol. The molecule has 1 atom stereocenters. The number of Topliss-reactive ketones (excluding diaryl/α,β-unsaturated/α-hetero) is 1. The molecule has 5 nitrogen and oxygen atoms in total. The quantitative estimate of drug-likeness (QED) is 0.614. The number of benzene rings is 2. The van der Waals surface area contributed by atoms with Gasteiger partial charge < -0.3 is 4.74 Å². The van der Waals surface area contributed by atoms with Crippen LogP contribution in [-0.4, -0.2) is 38.3 Å². The molecule has 1 saturated heterocycles. The lowest BCUT2D eigenvalue weighted by atomic mass is 10.0. The Balaban J connectivity index is 1.55. The highest BCUT2D eigenvalue weighted by Crippen LogP contribution is 2.22. The summed E-state index contributed by atoms with van der Waals surface area (Å²) in [6, 6.07) is 13.0. The Kier molecular flexibility index (Phi) is 4.66. The van der Waals surface area contributed by atoms with Gasteiger partial charge in [-0.15, -0.1) is 0 Å². The molecular formula is C18H18O5S. The van der Waals surface area contributed by atoms with E-state index in [0.717, 1.165) is 10.8 Å². The lowest BCUT2D eigenvalue weighted by molar-refractivity contribution is -0.143. The fourth-order valence-corrected chi connectivity index (χ4v) is 4.78. The van der Waals surface area contributed by atoms with Gasteiger partial charge in [-0.05, 0) is 29.2 Å². The van der Waals surface area contributed by atoms with Crippen LogP contribution in [0.5, 0.6) is 0 Å². The molecule has 24 heavy (non-hydrogen) atoms. The summed E-state index contributed by atoms with van der Waals surface area (Å²) in [4.78, 5) is 23.9. The standard InChI is InChI=1S/C18H18O5S/c19-17(16-6-5-14-3-1-2-4-15(14)10-16)11-23-18(20)9-13-7-8-24(21,22)12-13/h1-6,10,13H,7-9,11-12H2/t13-/m0/s1. The van der Waals surface area contributed by atoms with Crippen LogP contribution in [0.3, 0.4) is 0 Å². The molecule has 0 amide bonds. The minimum atomic E-state index is -3.01. The number of fused-ring (bicyclic) bond motifs is 1. The maximum Gasteiger partial charge on any atom is 0.306 e. The maximum absolute atomic E-state index is 12.2. The van der Waals surface area contributed by atoms with Crippen LogP contribution in [0.15, 0.2) is 42.5 Å².